The molecule has 0 aliphatic rings. The zero-order valence-corrected chi connectivity index (χ0v) is 22.4. The maximum atomic E-state index is 14.2. The Hall–Kier alpha value is -3.73. The second kappa shape index (κ2) is 12.0. The topological polar surface area (TPSA) is 55.2 Å². The zero-order valence-electron chi connectivity index (χ0n) is 22.4. The Morgan fingerprint density at radius 2 is 1.57 bits per heavy atom. The molecule has 5 nitrogen and oxygen atoms in total. The van der Waals surface area contributed by atoms with Gasteiger partial charge in [-0.25, -0.2) is 4.98 Å². The lowest BCUT2D eigenvalue weighted by molar-refractivity contribution is -0.136. The van der Waals surface area contributed by atoms with Gasteiger partial charge in [-0.3, -0.25) is 14.2 Å². The molecule has 4 rings (SSSR count). The van der Waals surface area contributed by atoms with Gasteiger partial charge in [-0.05, 0) is 56.0 Å². The monoisotopic (exact) mass is 495 g/mol. The number of aryl methyl sites for hydroxylation is 1. The van der Waals surface area contributed by atoms with Gasteiger partial charge in [0.05, 0.1) is 28.6 Å². The van der Waals surface area contributed by atoms with E-state index in [0.717, 1.165) is 29.7 Å². The van der Waals surface area contributed by atoms with Crippen LogP contribution in [0.1, 0.15) is 75.4 Å². The van der Waals surface area contributed by atoms with Crippen molar-refractivity contribution < 1.29 is 4.79 Å². The second-order valence-electron chi connectivity index (χ2n) is 9.64. The van der Waals surface area contributed by atoms with Crippen molar-refractivity contribution in [1.29, 1.82) is 0 Å². The van der Waals surface area contributed by atoms with Gasteiger partial charge in [-0.15, -0.1) is 0 Å². The van der Waals surface area contributed by atoms with E-state index in [1.165, 1.54) is 0 Å². The van der Waals surface area contributed by atoms with Crippen molar-refractivity contribution in [2.45, 2.75) is 65.3 Å². The Labute approximate surface area is 219 Å². The Balaban J connectivity index is 1.91. The zero-order chi connectivity index (χ0) is 26.4. The van der Waals surface area contributed by atoms with Crippen LogP contribution in [-0.2, 0) is 4.79 Å². The molecule has 1 heterocycles. The predicted molar refractivity (Wildman–Crippen MR) is 151 cm³/mol. The van der Waals surface area contributed by atoms with Crippen LogP contribution in [0.4, 0.5) is 0 Å². The van der Waals surface area contributed by atoms with E-state index in [4.69, 9.17) is 4.98 Å². The fraction of sp³-hybridized carbons (Fsp3) is 0.344. The molecule has 1 amide bonds. The van der Waals surface area contributed by atoms with E-state index in [1.54, 1.807) is 4.57 Å². The molecular weight excluding hydrogens is 458 g/mol. The third kappa shape index (κ3) is 5.51. The van der Waals surface area contributed by atoms with Crippen molar-refractivity contribution in [2.75, 3.05) is 6.54 Å². The Morgan fingerprint density at radius 1 is 0.892 bits per heavy atom. The summed E-state index contributed by atoms with van der Waals surface area (Å²) in [7, 11) is 0. The summed E-state index contributed by atoms with van der Waals surface area (Å²) >= 11 is 0. The molecule has 0 fully saturated rings. The van der Waals surface area contributed by atoms with E-state index >= 15 is 0 Å². The first-order valence-electron chi connectivity index (χ1n) is 13.4. The number of nitrogens with zero attached hydrogens (tertiary/aromatic N) is 3. The van der Waals surface area contributed by atoms with E-state index in [0.29, 0.717) is 36.1 Å². The fourth-order valence-corrected chi connectivity index (χ4v) is 5.05. The standard InChI is InChI=1S/C32H37N3O2/c1-5-8-22-34(31(36)26(6-2)24-14-10-9-11-15-24)29(7-3)30-33-28-17-13-12-16-27(28)32(37)35(30)25-20-18-23(4)19-21-25/h9-21,26,29H,5-8,22H2,1-4H3. The van der Waals surface area contributed by atoms with Crippen molar-refractivity contribution in [3.63, 3.8) is 0 Å². The molecule has 1 aromatic heterocycles. The Bertz CT molecular complexity index is 1390. The van der Waals surface area contributed by atoms with Gasteiger partial charge >= 0.3 is 0 Å². The summed E-state index contributed by atoms with van der Waals surface area (Å²) in [6, 6.07) is 25.1. The van der Waals surface area contributed by atoms with Gasteiger partial charge in [0.15, 0.2) is 0 Å². The quantitative estimate of drug-likeness (QED) is 0.239. The highest BCUT2D eigenvalue weighted by Crippen LogP contribution is 2.31. The Kier molecular flexibility index (Phi) is 8.54. The number of hydrogen-bond acceptors (Lipinski definition) is 3. The minimum atomic E-state index is -0.338. The van der Waals surface area contributed by atoms with Gasteiger partial charge in [-0.1, -0.05) is 87.4 Å². The van der Waals surface area contributed by atoms with Crippen molar-refractivity contribution in [1.82, 2.24) is 14.5 Å². The number of carbonyl (C=O) groups is 1. The first kappa shape index (κ1) is 26.3. The molecule has 0 spiro atoms. The van der Waals surface area contributed by atoms with Gasteiger partial charge in [0.25, 0.3) is 5.56 Å². The number of aromatic nitrogens is 2. The summed E-state index contributed by atoms with van der Waals surface area (Å²) in [6.07, 6.45) is 3.21. The van der Waals surface area contributed by atoms with Gasteiger partial charge in [0.2, 0.25) is 5.91 Å². The molecule has 0 aliphatic carbocycles. The van der Waals surface area contributed by atoms with Crippen LogP contribution in [0.2, 0.25) is 0 Å². The lowest BCUT2D eigenvalue weighted by Crippen LogP contribution is -2.41. The molecule has 0 bridgehead atoms. The molecule has 0 saturated carbocycles. The SMILES string of the molecule is CCCCN(C(=O)C(CC)c1ccccc1)C(CC)c1nc2ccccc2c(=O)n1-c1ccc(C)cc1. The van der Waals surface area contributed by atoms with E-state index in [2.05, 4.69) is 20.8 Å². The molecule has 37 heavy (non-hydrogen) atoms. The van der Waals surface area contributed by atoms with Crippen LogP contribution < -0.4 is 5.56 Å². The van der Waals surface area contributed by atoms with Crippen molar-refractivity contribution in [2.24, 2.45) is 0 Å². The number of fused-ring (bicyclic) bond motifs is 1. The van der Waals surface area contributed by atoms with Crippen molar-refractivity contribution >= 4 is 16.8 Å². The number of amides is 1. The van der Waals surface area contributed by atoms with Crippen molar-refractivity contribution in [3.8, 4) is 5.69 Å². The molecular formula is C32H37N3O2. The van der Waals surface area contributed by atoms with E-state index < -0.39 is 0 Å². The van der Waals surface area contributed by atoms with Gasteiger partial charge in [0, 0.05) is 6.54 Å². The van der Waals surface area contributed by atoms with E-state index in [-0.39, 0.29) is 23.4 Å². The largest absolute Gasteiger partial charge is 0.332 e. The third-order valence-corrected chi connectivity index (χ3v) is 7.10. The summed E-state index contributed by atoms with van der Waals surface area (Å²) in [5, 5.41) is 0.573. The van der Waals surface area contributed by atoms with Crippen LogP contribution in [0.25, 0.3) is 16.6 Å². The van der Waals surface area contributed by atoms with Crippen LogP contribution in [-0.4, -0.2) is 26.9 Å². The second-order valence-corrected chi connectivity index (χ2v) is 9.64. The lowest BCUT2D eigenvalue weighted by atomic mass is 9.93. The van der Waals surface area contributed by atoms with Crippen LogP contribution in [0.3, 0.4) is 0 Å². The number of unbranched alkanes of at least 4 members (excludes halogenated alkanes) is 1. The number of para-hydroxylation sites is 1. The maximum Gasteiger partial charge on any atom is 0.266 e. The third-order valence-electron chi connectivity index (χ3n) is 7.10. The number of carbonyl (C=O) groups excluding carboxylic acids is 1. The van der Waals surface area contributed by atoms with Crippen LogP contribution in [0, 0.1) is 6.92 Å². The summed E-state index contributed by atoms with van der Waals surface area (Å²) in [6.45, 7) is 8.91. The highest BCUT2D eigenvalue weighted by atomic mass is 16.2. The summed E-state index contributed by atoms with van der Waals surface area (Å²) in [4.78, 5) is 35.1. The van der Waals surface area contributed by atoms with Gasteiger partial charge < -0.3 is 4.90 Å². The summed E-state index contributed by atoms with van der Waals surface area (Å²) in [5.41, 5.74) is 3.45. The average molecular weight is 496 g/mol. The molecule has 0 saturated heterocycles. The minimum Gasteiger partial charge on any atom is -0.332 e. The molecule has 2 unspecified atom stereocenters. The number of rotatable bonds is 10. The normalized spacial score (nSPS) is 12.9. The first-order chi connectivity index (χ1) is 18.0. The van der Waals surface area contributed by atoms with E-state index in [1.807, 2.05) is 90.7 Å². The summed E-state index contributed by atoms with van der Waals surface area (Å²) < 4.78 is 1.71. The van der Waals surface area contributed by atoms with Gasteiger partial charge in [0.1, 0.15) is 5.82 Å². The van der Waals surface area contributed by atoms with Crippen LogP contribution >= 0.6 is 0 Å². The van der Waals surface area contributed by atoms with Crippen molar-refractivity contribution in [3.05, 3.63) is 106 Å². The van der Waals surface area contributed by atoms with E-state index in [9.17, 15) is 9.59 Å². The smallest absolute Gasteiger partial charge is 0.266 e. The van der Waals surface area contributed by atoms with Crippen LogP contribution in [0.15, 0.2) is 83.7 Å². The maximum absolute atomic E-state index is 14.2. The number of benzene rings is 3. The molecule has 192 valence electrons. The molecule has 3 aromatic carbocycles. The average Bonchev–Trinajstić information content (AvgIpc) is 2.93. The first-order valence-corrected chi connectivity index (χ1v) is 13.4. The lowest BCUT2D eigenvalue weighted by Gasteiger charge is -2.35. The highest BCUT2D eigenvalue weighted by molar-refractivity contribution is 5.84. The molecule has 0 N–H and O–H groups in total. The molecule has 2 atom stereocenters. The van der Waals surface area contributed by atoms with Gasteiger partial charge in [-0.2, -0.15) is 0 Å². The molecule has 0 aliphatic heterocycles. The fourth-order valence-electron chi connectivity index (χ4n) is 5.05. The predicted octanol–water partition coefficient (Wildman–Crippen LogP) is 6.97. The summed E-state index contributed by atoms with van der Waals surface area (Å²) in [5.74, 6) is 0.460. The Morgan fingerprint density at radius 3 is 2.22 bits per heavy atom. The van der Waals surface area contributed by atoms with Crippen LogP contribution in [0.5, 0.6) is 0 Å². The molecule has 4 aromatic rings. The molecule has 0 radical (unpaired) electrons. The number of hydrogen-bond donors (Lipinski definition) is 0. The molecule has 5 heteroatoms. The highest BCUT2D eigenvalue weighted by Gasteiger charge is 2.32. The minimum absolute atomic E-state index is 0.0897.